The van der Waals surface area contributed by atoms with Crippen molar-refractivity contribution in [2.75, 3.05) is 25.6 Å². The molecule has 0 fully saturated rings. The van der Waals surface area contributed by atoms with Crippen LogP contribution in [0.2, 0.25) is 0 Å². The first-order chi connectivity index (χ1) is 6.22. The molecule has 0 aliphatic heterocycles. The fourth-order valence-corrected chi connectivity index (χ4v) is 1.09. The lowest BCUT2D eigenvalue weighted by Gasteiger charge is -2.05. The van der Waals surface area contributed by atoms with Crippen molar-refractivity contribution in [2.45, 2.75) is 13.8 Å². The van der Waals surface area contributed by atoms with Gasteiger partial charge in [-0.25, -0.2) is 9.97 Å². The Hall–Kier alpha value is -1.16. The van der Waals surface area contributed by atoms with Gasteiger partial charge in [-0.1, -0.05) is 0 Å². The van der Waals surface area contributed by atoms with Crippen LogP contribution in [0.3, 0.4) is 0 Å². The summed E-state index contributed by atoms with van der Waals surface area (Å²) in [6.45, 7) is 5.29. The standard InChI is InChI=1S/C9H15N3O/c1-7-6-9(10-4-5-13-3)12-8(2)11-7/h6H,4-5H2,1-3H3,(H,10,11,12). The molecule has 0 radical (unpaired) electrons. The molecule has 1 heterocycles. The van der Waals surface area contributed by atoms with Crippen LogP contribution in [0, 0.1) is 13.8 Å². The summed E-state index contributed by atoms with van der Waals surface area (Å²) < 4.78 is 4.92. The molecular weight excluding hydrogens is 166 g/mol. The molecule has 1 N–H and O–H groups in total. The number of methoxy groups -OCH3 is 1. The van der Waals surface area contributed by atoms with E-state index < -0.39 is 0 Å². The highest BCUT2D eigenvalue weighted by Crippen LogP contribution is 2.04. The number of nitrogens with one attached hydrogen (secondary N) is 1. The maximum absolute atomic E-state index is 4.92. The number of ether oxygens (including phenoxy) is 1. The Morgan fingerprint density at radius 1 is 1.38 bits per heavy atom. The Bertz CT molecular complexity index is 255. The van der Waals surface area contributed by atoms with Crippen LogP contribution in [0.4, 0.5) is 5.82 Å². The second-order valence-electron chi connectivity index (χ2n) is 2.86. The number of aromatic nitrogens is 2. The third-order valence-electron chi connectivity index (χ3n) is 1.58. The first-order valence-electron chi connectivity index (χ1n) is 4.27. The molecule has 0 aromatic carbocycles. The van der Waals surface area contributed by atoms with E-state index in [-0.39, 0.29) is 0 Å². The molecule has 0 amide bonds. The molecule has 0 aliphatic carbocycles. The lowest BCUT2D eigenvalue weighted by atomic mass is 10.4. The number of aryl methyl sites for hydroxylation is 2. The average molecular weight is 181 g/mol. The highest BCUT2D eigenvalue weighted by Gasteiger charge is 1.96. The molecule has 1 rings (SSSR count). The summed E-state index contributed by atoms with van der Waals surface area (Å²) in [7, 11) is 1.68. The highest BCUT2D eigenvalue weighted by molar-refractivity contribution is 5.35. The fraction of sp³-hybridized carbons (Fsp3) is 0.556. The van der Waals surface area contributed by atoms with Gasteiger partial charge in [0.25, 0.3) is 0 Å². The molecule has 1 aromatic rings. The smallest absolute Gasteiger partial charge is 0.129 e. The molecule has 1 aromatic heterocycles. The van der Waals surface area contributed by atoms with Crippen LogP contribution < -0.4 is 5.32 Å². The van der Waals surface area contributed by atoms with E-state index in [1.54, 1.807) is 7.11 Å². The van der Waals surface area contributed by atoms with Gasteiger partial charge in [-0.3, -0.25) is 0 Å². The molecule has 4 nitrogen and oxygen atoms in total. The van der Waals surface area contributed by atoms with Gasteiger partial charge in [-0.05, 0) is 13.8 Å². The number of rotatable bonds is 4. The first-order valence-corrected chi connectivity index (χ1v) is 4.27. The van der Waals surface area contributed by atoms with Crippen molar-refractivity contribution in [1.29, 1.82) is 0 Å². The molecule has 0 bridgehead atoms. The number of nitrogens with zero attached hydrogens (tertiary/aromatic N) is 2. The van der Waals surface area contributed by atoms with Crippen LogP contribution in [-0.4, -0.2) is 30.2 Å². The number of hydrogen-bond donors (Lipinski definition) is 1. The molecule has 0 aliphatic rings. The molecule has 0 atom stereocenters. The van der Waals surface area contributed by atoms with Crippen molar-refractivity contribution in [2.24, 2.45) is 0 Å². The summed E-state index contributed by atoms with van der Waals surface area (Å²) in [5.41, 5.74) is 0.979. The Balaban J connectivity index is 2.56. The molecule has 0 unspecified atom stereocenters. The van der Waals surface area contributed by atoms with Crippen LogP contribution in [0.1, 0.15) is 11.5 Å². The predicted octanol–water partition coefficient (Wildman–Crippen LogP) is 1.15. The minimum Gasteiger partial charge on any atom is -0.383 e. The van der Waals surface area contributed by atoms with E-state index in [9.17, 15) is 0 Å². The van der Waals surface area contributed by atoms with Crippen molar-refractivity contribution in [1.82, 2.24) is 9.97 Å². The van der Waals surface area contributed by atoms with Crippen LogP contribution in [0.25, 0.3) is 0 Å². The molecule has 4 heteroatoms. The van der Waals surface area contributed by atoms with Crippen molar-refractivity contribution in [3.05, 3.63) is 17.6 Å². The summed E-state index contributed by atoms with van der Waals surface area (Å²) in [5, 5.41) is 3.15. The van der Waals surface area contributed by atoms with Crippen LogP contribution >= 0.6 is 0 Å². The zero-order valence-corrected chi connectivity index (χ0v) is 8.29. The van der Waals surface area contributed by atoms with E-state index in [0.717, 1.165) is 23.9 Å². The number of anilines is 1. The van der Waals surface area contributed by atoms with Crippen LogP contribution in [0.15, 0.2) is 6.07 Å². The minimum absolute atomic E-state index is 0.683. The second-order valence-corrected chi connectivity index (χ2v) is 2.86. The normalized spacial score (nSPS) is 10.1. The molecule has 13 heavy (non-hydrogen) atoms. The van der Waals surface area contributed by atoms with Gasteiger partial charge in [0, 0.05) is 25.4 Å². The lowest BCUT2D eigenvalue weighted by molar-refractivity contribution is 0.210. The summed E-state index contributed by atoms with van der Waals surface area (Å²) in [6.07, 6.45) is 0. The topological polar surface area (TPSA) is 47.0 Å². The number of hydrogen-bond acceptors (Lipinski definition) is 4. The van der Waals surface area contributed by atoms with E-state index in [4.69, 9.17) is 4.74 Å². The van der Waals surface area contributed by atoms with Crippen molar-refractivity contribution < 1.29 is 4.74 Å². The predicted molar refractivity (Wildman–Crippen MR) is 51.9 cm³/mol. The molecule has 0 saturated carbocycles. The quantitative estimate of drug-likeness (QED) is 0.708. The Labute approximate surface area is 78.4 Å². The average Bonchev–Trinajstić information content (AvgIpc) is 2.03. The summed E-state index contributed by atoms with van der Waals surface area (Å²) in [4.78, 5) is 8.41. The van der Waals surface area contributed by atoms with Gasteiger partial charge < -0.3 is 10.1 Å². The zero-order chi connectivity index (χ0) is 9.68. The summed E-state index contributed by atoms with van der Waals surface area (Å²) in [5.74, 6) is 1.65. The van der Waals surface area contributed by atoms with Crippen molar-refractivity contribution in [3.8, 4) is 0 Å². The van der Waals surface area contributed by atoms with Crippen LogP contribution in [0.5, 0.6) is 0 Å². The van der Waals surface area contributed by atoms with E-state index in [2.05, 4.69) is 15.3 Å². The van der Waals surface area contributed by atoms with E-state index >= 15 is 0 Å². The monoisotopic (exact) mass is 181 g/mol. The van der Waals surface area contributed by atoms with Gasteiger partial charge in [-0.15, -0.1) is 0 Å². The third kappa shape index (κ3) is 3.38. The Morgan fingerprint density at radius 3 is 2.77 bits per heavy atom. The molecule has 72 valence electrons. The van der Waals surface area contributed by atoms with Crippen molar-refractivity contribution in [3.63, 3.8) is 0 Å². The van der Waals surface area contributed by atoms with Gasteiger partial charge in [0.05, 0.1) is 6.61 Å². The van der Waals surface area contributed by atoms with Crippen molar-refractivity contribution >= 4 is 5.82 Å². The largest absolute Gasteiger partial charge is 0.383 e. The van der Waals surface area contributed by atoms with Gasteiger partial charge in [0.1, 0.15) is 11.6 Å². The van der Waals surface area contributed by atoms with E-state index in [1.807, 2.05) is 19.9 Å². The molecule has 0 spiro atoms. The maximum atomic E-state index is 4.92. The van der Waals surface area contributed by atoms with Gasteiger partial charge in [-0.2, -0.15) is 0 Å². The Kier molecular flexibility index (Phi) is 3.64. The Morgan fingerprint density at radius 2 is 2.15 bits per heavy atom. The van der Waals surface area contributed by atoms with Gasteiger partial charge in [0.15, 0.2) is 0 Å². The van der Waals surface area contributed by atoms with Crippen LogP contribution in [-0.2, 0) is 4.74 Å². The first kappa shape index (κ1) is 9.92. The maximum Gasteiger partial charge on any atom is 0.129 e. The fourth-order valence-electron chi connectivity index (χ4n) is 1.09. The van der Waals surface area contributed by atoms with Gasteiger partial charge >= 0.3 is 0 Å². The van der Waals surface area contributed by atoms with Gasteiger partial charge in [0.2, 0.25) is 0 Å². The highest BCUT2D eigenvalue weighted by atomic mass is 16.5. The van der Waals surface area contributed by atoms with E-state index in [0.29, 0.717) is 6.61 Å². The second kappa shape index (κ2) is 4.77. The summed E-state index contributed by atoms with van der Waals surface area (Å²) in [6, 6.07) is 1.92. The summed E-state index contributed by atoms with van der Waals surface area (Å²) >= 11 is 0. The molecular formula is C9H15N3O. The zero-order valence-electron chi connectivity index (χ0n) is 8.29. The minimum atomic E-state index is 0.683. The SMILES string of the molecule is COCCNc1cc(C)nc(C)n1. The molecule has 0 saturated heterocycles. The lowest BCUT2D eigenvalue weighted by Crippen LogP contribution is -2.09. The third-order valence-corrected chi connectivity index (χ3v) is 1.58. The van der Waals surface area contributed by atoms with E-state index in [1.165, 1.54) is 0 Å².